The molecule has 302 valence electrons. The Balaban J connectivity index is 1.45. The summed E-state index contributed by atoms with van der Waals surface area (Å²) in [5.41, 5.74) is -1.62. The molecule has 0 radical (unpaired) electrons. The molecule has 0 saturated carbocycles. The third-order valence-corrected chi connectivity index (χ3v) is 21.9. The Labute approximate surface area is 317 Å². The number of nitrogens with one attached hydrogen (secondary N) is 2. The van der Waals surface area contributed by atoms with Crippen LogP contribution < -0.4 is 22.5 Å². The van der Waals surface area contributed by atoms with Crippen molar-refractivity contribution in [2.24, 2.45) is 0 Å². The van der Waals surface area contributed by atoms with Gasteiger partial charge in [0.1, 0.15) is 36.9 Å². The molecule has 0 aliphatic carbocycles. The van der Waals surface area contributed by atoms with Crippen molar-refractivity contribution in [1.29, 1.82) is 0 Å². The minimum Gasteiger partial charge on any atom is -0.414 e. The molecule has 3 aliphatic heterocycles. The predicted octanol–water partition coefficient (Wildman–Crippen LogP) is 5.16. The number of ether oxygens (including phenoxy) is 2. The molecule has 3 aliphatic rings. The van der Waals surface area contributed by atoms with Gasteiger partial charge in [0.2, 0.25) is 0 Å². The summed E-state index contributed by atoms with van der Waals surface area (Å²) in [4.78, 5) is 54.8. The van der Waals surface area contributed by atoms with E-state index in [0.29, 0.717) is 11.1 Å². The van der Waals surface area contributed by atoms with Crippen LogP contribution in [0.25, 0.3) is 0 Å². The van der Waals surface area contributed by atoms with E-state index < -0.39 is 89.9 Å². The van der Waals surface area contributed by atoms with E-state index >= 15 is 0 Å². The largest absolute Gasteiger partial charge is 0.476 e. The number of aromatic nitrogens is 4. The monoisotopic (exact) mass is 812 g/mol. The van der Waals surface area contributed by atoms with E-state index in [4.69, 9.17) is 31.9 Å². The van der Waals surface area contributed by atoms with Crippen molar-refractivity contribution >= 4 is 24.5 Å². The molecule has 1 unspecified atom stereocenters. The smallest absolute Gasteiger partial charge is 0.414 e. The normalized spacial score (nSPS) is 29.8. The van der Waals surface area contributed by atoms with Crippen molar-refractivity contribution < 1.29 is 36.5 Å². The van der Waals surface area contributed by atoms with Gasteiger partial charge >= 0.3 is 19.2 Å². The summed E-state index contributed by atoms with van der Waals surface area (Å²) in [6, 6.07) is 0. The van der Waals surface area contributed by atoms with E-state index in [9.17, 15) is 23.7 Å². The van der Waals surface area contributed by atoms with E-state index in [1.165, 1.54) is 21.5 Å². The molecule has 2 saturated heterocycles. The molecule has 0 amide bonds. The van der Waals surface area contributed by atoms with Crippen LogP contribution in [0.1, 0.15) is 78.0 Å². The van der Waals surface area contributed by atoms with Crippen LogP contribution >= 0.6 is 7.82 Å². The van der Waals surface area contributed by atoms with Gasteiger partial charge in [0.15, 0.2) is 16.6 Å². The zero-order valence-corrected chi connectivity index (χ0v) is 36.3. The van der Waals surface area contributed by atoms with E-state index in [2.05, 4.69) is 77.7 Å². The van der Waals surface area contributed by atoms with Crippen LogP contribution in [0.3, 0.4) is 0 Å². The Morgan fingerprint density at radius 2 is 1.33 bits per heavy atom. The molecule has 2 N–H and O–H groups in total. The van der Waals surface area contributed by atoms with E-state index in [-0.39, 0.29) is 36.1 Å². The molecule has 8 atom stereocenters. The fourth-order valence-electron chi connectivity index (χ4n) is 5.96. The number of phosphoric acid groups is 1. The maximum atomic E-state index is 14.6. The summed E-state index contributed by atoms with van der Waals surface area (Å²) in [6.45, 7) is 24.2. The van der Waals surface area contributed by atoms with Gasteiger partial charge in [-0.2, -0.15) is 0 Å². The van der Waals surface area contributed by atoms with Gasteiger partial charge in [-0.15, -0.1) is 0 Å². The van der Waals surface area contributed by atoms with Gasteiger partial charge in [0.25, 0.3) is 11.1 Å². The molecule has 54 heavy (non-hydrogen) atoms. The molecule has 0 spiro atoms. The van der Waals surface area contributed by atoms with Crippen molar-refractivity contribution in [3.63, 3.8) is 0 Å². The topological polar surface area (TPSA) is 191 Å². The van der Waals surface area contributed by atoms with Crippen molar-refractivity contribution in [3.05, 3.63) is 77.3 Å². The van der Waals surface area contributed by atoms with Crippen molar-refractivity contribution in [2.75, 3.05) is 13.2 Å². The summed E-state index contributed by atoms with van der Waals surface area (Å²) in [6.07, 6.45) is 0.697. The third kappa shape index (κ3) is 9.19. The highest BCUT2D eigenvalue weighted by Gasteiger charge is 2.51. The van der Waals surface area contributed by atoms with Crippen LogP contribution in [-0.2, 0) is 36.5 Å². The molecule has 2 aromatic rings. The van der Waals surface area contributed by atoms with E-state index in [1.807, 2.05) is 0 Å². The molecular formula is C35H57N4O12PSi2. The lowest BCUT2D eigenvalue weighted by molar-refractivity contribution is -0.0728. The summed E-state index contributed by atoms with van der Waals surface area (Å²) < 4.78 is 61.8. The highest BCUT2D eigenvalue weighted by Crippen LogP contribution is 2.56. The summed E-state index contributed by atoms with van der Waals surface area (Å²) >= 11 is 0. The maximum Gasteiger partial charge on any atom is 0.476 e. The summed E-state index contributed by atoms with van der Waals surface area (Å²) in [5.74, 6) is 0. The number of aryl methyl sites for hydroxylation is 2. The van der Waals surface area contributed by atoms with Crippen LogP contribution in [0.5, 0.6) is 0 Å². The average molecular weight is 813 g/mol. The van der Waals surface area contributed by atoms with Gasteiger partial charge in [0.05, 0.1) is 19.3 Å². The Morgan fingerprint density at radius 3 is 1.87 bits per heavy atom. The lowest BCUT2D eigenvalue weighted by Gasteiger charge is -2.40. The number of aromatic amines is 2. The van der Waals surface area contributed by atoms with Gasteiger partial charge in [0, 0.05) is 36.4 Å². The number of rotatable bonds is 10. The number of H-pyrrole nitrogens is 2. The third-order valence-electron chi connectivity index (χ3n) is 11.4. The molecule has 0 aromatic carbocycles. The number of phosphoric ester groups is 1. The van der Waals surface area contributed by atoms with Gasteiger partial charge in [-0.05, 0) is 50.1 Å². The number of nitrogens with zero attached hydrogens (tertiary/aromatic N) is 2. The molecular weight excluding hydrogens is 756 g/mol. The summed E-state index contributed by atoms with van der Waals surface area (Å²) in [5, 5.41) is -0.288. The van der Waals surface area contributed by atoms with Crippen LogP contribution in [-0.4, -0.2) is 79.5 Å². The number of hydrogen-bond donors (Lipinski definition) is 2. The Kier molecular flexibility index (Phi) is 12.2. The quantitative estimate of drug-likeness (QED) is 0.182. The second-order valence-electron chi connectivity index (χ2n) is 17.5. The average Bonchev–Trinajstić information content (AvgIpc) is 3.57. The first kappa shape index (κ1) is 42.6. The number of hydrogen-bond acceptors (Lipinski definition) is 12. The Morgan fingerprint density at radius 1 is 0.815 bits per heavy atom. The fourth-order valence-corrected chi connectivity index (χ4v) is 9.80. The van der Waals surface area contributed by atoms with Crippen LogP contribution in [0.2, 0.25) is 36.3 Å². The standard InChI is InChI=1S/C35H57N4O12PSi2/c1-21-18-38(32(42)36-30(21)40)27-16-24(26(47-27)20-46-53(9,10)34(3,4)5)50-52(44)45-15-13-14-23(49-52)29-25(51-54(11,12)35(6,7)8)17-28(48-29)39-19-22(2)31(41)37-33(39)43/h13-14,18-19,23-29H,15-17,20H2,1-12H3,(H,36,40,42)(H,37,41,43)/t23-,24+,25+,26-,27-,28-,29-,52?/m1/s1. The molecule has 5 rings (SSSR count). The maximum absolute atomic E-state index is 14.6. The highest BCUT2D eigenvalue weighted by molar-refractivity contribution is 7.48. The lowest BCUT2D eigenvalue weighted by Crippen LogP contribution is -2.48. The first-order valence-electron chi connectivity index (χ1n) is 18.4. The zero-order chi connectivity index (χ0) is 40.2. The van der Waals surface area contributed by atoms with E-state index in [0.717, 1.165) is 0 Å². The minimum atomic E-state index is -4.39. The van der Waals surface area contributed by atoms with E-state index in [1.54, 1.807) is 26.0 Å². The van der Waals surface area contributed by atoms with Crippen molar-refractivity contribution in [3.8, 4) is 0 Å². The Bertz CT molecular complexity index is 2010. The predicted molar refractivity (Wildman–Crippen MR) is 207 cm³/mol. The first-order chi connectivity index (χ1) is 24.8. The van der Waals surface area contributed by atoms with Crippen LogP contribution in [0.15, 0.2) is 43.7 Å². The van der Waals surface area contributed by atoms with Crippen LogP contribution in [0, 0.1) is 13.8 Å². The molecule has 2 fully saturated rings. The fraction of sp³-hybridized carbons (Fsp3) is 0.714. The molecule has 0 bridgehead atoms. The second-order valence-corrected chi connectivity index (χ2v) is 28.6. The summed E-state index contributed by atoms with van der Waals surface area (Å²) in [7, 11) is -9.11. The van der Waals surface area contributed by atoms with Crippen LogP contribution in [0.4, 0.5) is 0 Å². The zero-order valence-electron chi connectivity index (χ0n) is 33.4. The second kappa shape index (κ2) is 15.4. The molecule has 5 heterocycles. The minimum absolute atomic E-state index is 0.0688. The SMILES string of the molecule is Cc1cn([C@H]2C[C@H](O[Si](C)(C)C(C)(C)C)[C@@H]([C@H]3C=CCOP(=O)(O[C@H]4C[C@H](n5cc(C)c(=O)[nH]c5=O)O[C@@H]4CO[Si](C)(C)C(C)(C)C)O3)O2)c(=O)[nH]c1=O. The van der Waals surface area contributed by atoms with Crippen molar-refractivity contribution in [1.82, 2.24) is 19.1 Å². The first-order valence-corrected chi connectivity index (χ1v) is 25.6. The molecule has 19 heteroatoms. The molecule has 2 aromatic heterocycles. The van der Waals surface area contributed by atoms with Gasteiger partial charge in [-0.1, -0.05) is 53.7 Å². The Hall–Kier alpha value is -2.52. The lowest BCUT2D eigenvalue weighted by atomic mass is 10.1. The highest BCUT2D eigenvalue weighted by atomic mass is 31.2. The van der Waals surface area contributed by atoms with Gasteiger partial charge < -0.3 is 18.3 Å². The van der Waals surface area contributed by atoms with Gasteiger partial charge in [-0.3, -0.25) is 42.3 Å². The molecule has 16 nitrogen and oxygen atoms in total. The van der Waals surface area contributed by atoms with Gasteiger partial charge in [-0.25, -0.2) is 14.2 Å². The van der Waals surface area contributed by atoms with Crippen molar-refractivity contribution in [2.45, 2.75) is 147 Å².